The van der Waals surface area contributed by atoms with E-state index in [9.17, 15) is 18.4 Å². The highest BCUT2D eigenvalue weighted by molar-refractivity contribution is 6.04. The molecule has 0 aromatic heterocycles. The van der Waals surface area contributed by atoms with Crippen molar-refractivity contribution in [1.82, 2.24) is 5.32 Å². The maximum absolute atomic E-state index is 14.5. The maximum Gasteiger partial charge on any atom is 0.265 e. The van der Waals surface area contributed by atoms with Gasteiger partial charge in [-0.1, -0.05) is 25.0 Å². The van der Waals surface area contributed by atoms with Crippen LogP contribution in [-0.4, -0.2) is 24.5 Å². The third-order valence-corrected chi connectivity index (χ3v) is 5.82. The van der Waals surface area contributed by atoms with Gasteiger partial charge in [-0.05, 0) is 44.0 Å². The summed E-state index contributed by atoms with van der Waals surface area (Å²) in [6, 6.07) is 8.76. The Morgan fingerprint density at radius 3 is 2.52 bits per heavy atom. The van der Waals surface area contributed by atoms with E-state index in [0.29, 0.717) is 24.3 Å². The Morgan fingerprint density at radius 1 is 1.17 bits per heavy atom. The van der Waals surface area contributed by atoms with E-state index in [4.69, 9.17) is 4.74 Å². The maximum atomic E-state index is 14.5. The molecule has 1 aliphatic carbocycles. The molecule has 2 aliphatic rings. The molecule has 0 radical (unpaired) electrons. The Morgan fingerprint density at radius 2 is 1.83 bits per heavy atom. The van der Waals surface area contributed by atoms with Gasteiger partial charge in [0.05, 0.1) is 11.3 Å². The van der Waals surface area contributed by atoms with Gasteiger partial charge >= 0.3 is 0 Å². The van der Waals surface area contributed by atoms with Gasteiger partial charge in [0.25, 0.3) is 11.8 Å². The summed E-state index contributed by atoms with van der Waals surface area (Å²) in [6.07, 6.45) is 2.17. The molecule has 2 amide bonds. The number of amides is 2. The minimum Gasteiger partial charge on any atom is -0.478 e. The number of nitrogens with one attached hydrogen (secondary N) is 2. The first kappa shape index (κ1) is 19.4. The Hall–Kier alpha value is -2.96. The van der Waals surface area contributed by atoms with Gasteiger partial charge in [0, 0.05) is 17.5 Å². The van der Waals surface area contributed by atoms with Gasteiger partial charge in [0.15, 0.2) is 11.9 Å². The number of halogens is 2. The molecule has 4 rings (SSSR count). The molecule has 1 heterocycles. The summed E-state index contributed by atoms with van der Waals surface area (Å²) in [4.78, 5) is 24.7. The van der Waals surface area contributed by atoms with Crippen molar-refractivity contribution in [1.29, 1.82) is 0 Å². The second kappa shape index (κ2) is 7.46. The van der Waals surface area contributed by atoms with Crippen LogP contribution in [0.4, 0.5) is 14.5 Å². The van der Waals surface area contributed by atoms with Gasteiger partial charge in [-0.25, -0.2) is 8.78 Å². The number of anilines is 1. The smallest absolute Gasteiger partial charge is 0.265 e. The summed E-state index contributed by atoms with van der Waals surface area (Å²) in [5, 5.41) is 5.55. The minimum atomic E-state index is -0.776. The van der Waals surface area contributed by atoms with Crippen molar-refractivity contribution in [3.63, 3.8) is 0 Å². The zero-order valence-electron chi connectivity index (χ0n) is 16.1. The highest BCUT2D eigenvalue weighted by atomic mass is 19.1. The number of benzene rings is 2. The number of ether oxygens (including phenoxy) is 1. The van der Waals surface area contributed by atoms with Crippen LogP contribution in [0.2, 0.25) is 0 Å². The molecule has 2 aromatic carbocycles. The lowest BCUT2D eigenvalue weighted by Crippen LogP contribution is -2.41. The number of rotatable bonds is 4. The van der Waals surface area contributed by atoms with Crippen LogP contribution >= 0.6 is 0 Å². The molecular formula is C22H22F2N2O3. The van der Waals surface area contributed by atoms with Crippen LogP contribution < -0.4 is 15.4 Å². The minimum absolute atomic E-state index is 0.0463. The van der Waals surface area contributed by atoms with Crippen molar-refractivity contribution >= 4 is 17.5 Å². The van der Waals surface area contributed by atoms with Crippen molar-refractivity contribution in [2.24, 2.45) is 0 Å². The molecule has 0 spiro atoms. The van der Waals surface area contributed by atoms with E-state index in [1.165, 1.54) is 18.2 Å². The standard InChI is InChI=1S/C22H22F2N2O3/c1-13-20(27)26-17-9-4-6-14(19(17)29-13)21(28)25-12-22(10-2-3-11-22)18-15(23)7-5-8-16(18)24/h4-9,13H,2-3,10-12H2,1H3,(H,25,28)(H,26,27). The molecule has 7 heteroatoms. The molecule has 0 bridgehead atoms. The zero-order chi connectivity index (χ0) is 20.6. The van der Waals surface area contributed by atoms with E-state index in [0.717, 1.165) is 12.8 Å². The average Bonchev–Trinajstić information content (AvgIpc) is 3.16. The monoisotopic (exact) mass is 400 g/mol. The first-order valence-electron chi connectivity index (χ1n) is 9.74. The van der Waals surface area contributed by atoms with Crippen LogP contribution in [-0.2, 0) is 10.2 Å². The molecule has 2 aromatic rings. The summed E-state index contributed by atoms with van der Waals surface area (Å²) in [5.74, 6) is -1.56. The third kappa shape index (κ3) is 3.45. The summed E-state index contributed by atoms with van der Waals surface area (Å²) in [5.41, 5.74) is -0.0273. The van der Waals surface area contributed by atoms with Gasteiger partial charge in [-0.2, -0.15) is 0 Å². The van der Waals surface area contributed by atoms with Crippen molar-refractivity contribution in [3.8, 4) is 5.75 Å². The summed E-state index contributed by atoms with van der Waals surface area (Å²) >= 11 is 0. The fraction of sp³-hybridized carbons (Fsp3) is 0.364. The molecule has 0 saturated heterocycles. The topological polar surface area (TPSA) is 67.4 Å². The number of para-hydroxylation sites is 1. The van der Waals surface area contributed by atoms with Crippen LogP contribution in [0.3, 0.4) is 0 Å². The van der Waals surface area contributed by atoms with Gasteiger partial charge in [-0.15, -0.1) is 0 Å². The fourth-order valence-electron chi connectivity index (χ4n) is 4.32. The number of hydrogen-bond donors (Lipinski definition) is 2. The second-order valence-electron chi connectivity index (χ2n) is 7.70. The normalized spacial score (nSPS) is 19.8. The quantitative estimate of drug-likeness (QED) is 0.817. The SMILES string of the molecule is CC1Oc2c(cccc2C(=O)NCC2(c3c(F)cccc3F)CCCC2)NC1=O. The molecule has 1 saturated carbocycles. The van der Waals surface area contributed by atoms with E-state index in [2.05, 4.69) is 10.6 Å². The molecule has 5 nitrogen and oxygen atoms in total. The van der Waals surface area contributed by atoms with Crippen LogP contribution in [0.5, 0.6) is 5.75 Å². The third-order valence-electron chi connectivity index (χ3n) is 5.82. The molecular weight excluding hydrogens is 378 g/mol. The highest BCUT2D eigenvalue weighted by Crippen LogP contribution is 2.43. The molecule has 1 unspecified atom stereocenters. The Balaban J connectivity index is 1.60. The second-order valence-corrected chi connectivity index (χ2v) is 7.70. The van der Waals surface area contributed by atoms with E-state index in [-0.39, 0.29) is 23.6 Å². The lowest BCUT2D eigenvalue weighted by molar-refractivity contribution is -0.122. The van der Waals surface area contributed by atoms with Crippen molar-refractivity contribution < 1.29 is 23.1 Å². The Kier molecular flexibility index (Phi) is 4.98. The number of carbonyl (C=O) groups excluding carboxylic acids is 2. The molecule has 152 valence electrons. The number of carbonyl (C=O) groups is 2. The largest absolute Gasteiger partial charge is 0.478 e. The first-order chi connectivity index (χ1) is 13.9. The van der Waals surface area contributed by atoms with E-state index in [1.54, 1.807) is 25.1 Å². The van der Waals surface area contributed by atoms with Crippen LogP contribution in [0.1, 0.15) is 48.5 Å². The van der Waals surface area contributed by atoms with Gasteiger partial charge in [-0.3, -0.25) is 9.59 Å². The fourth-order valence-corrected chi connectivity index (χ4v) is 4.32. The Labute approximate surface area is 167 Å². The highest BCUT2D eigenvalue weighted by Gasteiger charge is 2.40. The van der Waals surface area contributed by atoms with E-state index < -0.39 is 29.1 Å². The van der Waals surface area contributed by atoms with Gasteiger partial charge in [0.1, 0.15) is 11.6 Å². The van der Waals surface area contributed by atoms with Crippen LogP contribution in [0.15, 0.2) is 36.4 Å². The van der Waals surface area contributed by atoms with Crippen molar-refractivity contribution in [3.05, 3.63) is 59.2 Å². The van der Waals surface area contributed by atoms with Crippen molar-refractivity contribution in [2.45, 2.75) is 44.1 Å². The predicted molar refractivity (Wildman–Crippen MR) is 104 cm³/mol. The molecule has 1 fully saturated rings. The zero-order valence-corrected chi connectivity index (χ0v) is 16.1. The van der Waals surface area contributed by atoms with Gasteiger partial charge < -0.3 is 15.4 Å². The Bertz CT molecular complexity index is 950. The summed E-state index contributed by atoms with van der Waals surface area (Å²) < 4.78 is 34.6. The van der Waals surface area contributed by atoms with Crippen LogP contribution in [0, 0.1) is 11.6 Å². The van der Waals surface area contributed by atoms with E-state index in [1.807, 2.05) is 0 Å². The number of fused-ring (bicyclic) bond motifs is 1. The molecule has 29 heavy (non-hydrogen) atoms. The predicted octanol–water partition coefficient (Wildman–Crippen LogP) is 3.93. The summed E-state index contributed by atoms with van der Waals surface area (Å²) in [6.45, 7) is 1.72. The lowest BCUT2D eigenvalue weighted by Gasteiger charge is -2.31. The van der Waals surface area contributed by atoms with Crippen molar-refractivity contribution in [2.75, 3.05) is 11.9 Å². The van der Waals surface area contributed by atoms with Crippen LogP contribution in [0.25, 0.3) is 0 Å². The first-order valence-corrected chi connectivity index (χ1v) is 9.74. The average molecular weight is 400 g/mol. The number of hydrogen-bond acceptors (Lipinski definition) is 3. The lowest BCUT2D eigenvalue weighted by atomic mass is 9.78. The van der Waals surface area contributed by atoms with Gasteiger partial charge in [0.2, 0.25) is 0 Å². The molecule has 2 N–H and O–H groups in total. The van der Waals surface area contributed by atoms with E-state index >= 15 is 0 Å². The summed E-state index contributed by atoms with van der Waals surface area (Å²) in [7, 11) is 0. The molecule has 1 atom stereocenters. The molecule has 1 aliphatic heterocycles.